The largest absolute Gasteiger partial charge is 0.587 e. The first-order chi connectivity index (χ1) is 20.5. The van der Waals surface area contributed by atoms with Crippen molar-refractivity contribution in [3.8, 4) is 23.0 Å². The predicted molar refractivity (Wildman–Crippen MR) is 143 cm³/mol. The number of methoxy groups -OCH3 is 2. The quantitative estimate of drug-likeness (QED) is 0.207. The van der Waals surface area contributed by atoms with Crippen LogP contribution >= 0.6 is 7.82 Å². The van der Waals surface area contributed by atoms with Gasteiger partial charge in [0.25, 0.3) is 12.0 Å². The molecule has 0 saturated carbocycles. The molecule has 4 N–H and O–H groups in total. The lowest BCUT2D eigenvalue weighted by Crippen LogP contribution is -2.50. The van der Waals surface area contributed by atoms with Crippen LogP contribution in [0.25, 0.3) is 11.2 Å². The van der Waals surface area contributed by atoms with Crippen molar-refractivity contribution in [2.45, 2.75) is 30.5 Å². The molecule has 230 valence electrons. The molecule has 1 aliphatic rings. The second-order valence-corrected chi connectivity index (χ2v) is 10.7. The summed E-state index contributed by atoms with van der Waals surface area (Å²) in [5.74, 6) is 0.384. The van der Waals surface area contributed by atoms with E-state index in [9.17, 15) is 23.2 Å². The molecule has 1 saturated heterocycles. The van der Waals surface area contributed by atoms with Gasteiger partial charge < -0.3 is 34.1 Å². The monoisotopic (exact) mass is 627 g/mol. The summed E-state index contributed by atoms with van der Waals surface area (Å²) in [5, 5.41) is 10.7. The van der Waals surface area contributed by atoms with E-state index in [1.165, 1.54) is 62.8 Å². The van der Waals surface area contributed by atoms with Crippen LogP contribution in [0.2, 0.25) is 0 Å². The summed E-state index contributed by atoms with van der Waals surface area (Å²) in [6.45, 7) is -1.41. The number of hydrogen-bond acceptors (Lipinski definition) is 12. The van der Waals surface area contributed by atoms with Crippen LogP contribution in [0.5, 0.6) is 23.0 Å². The number of imidazole rings is 1. The van der Waals surface area contributed by atoms with E-state index in [0.29, 0.717) is 11.5 Å². The van der Waals surface area contributed by atoms with E-state index < -0.39 is 50.5 Å². The van der Waals surface area contributed by atoms with Gasteiger partial charge in [0.15, 0.2) is 29.2 Å². The number of ether oxygens (including phenoxy) is 3. The molecule has 1 fully saturated rings. The number of aromatic amines is 1. The summed E-state index contributed by atoms with van der Waals surface area (Å²) >= 11 is 0. The van der Waals surface area contributed by atoms with E-state index in [2.05, 4.69) is 15.0 Å². The highest BCUT2D eigenvalue weighted by atomic mass is 31.2. The van der Waals surface area contributed by atoms with Crippen molar-refractivity contribution in [1.82, 2.24) is 19.5 Å². The average molecular weight is 627 g/mol. The fraction of sp³-hybridized carbons (Fsp3) is 0.320. The van der Waals surface area contributed by atoms with Crippen LogP contribution in [-0.2, 0) is 13.8 Å². The molecule has 0 aliphatic carbocycles. The molecule has 4 atom stereocenters. The molecule has 0 radical (unpaired) electrons. The number of phosphoric acid groups is 1. The normalized spacial score (nSPS) is 22.2. The van der Waals surface area contributed by atoms with Crippen molar-refractivity contribution in [1.29, 1.82) is 0 Å². The average Bonchev–Trinajstić information content (AvgIpc) is 3.52. The van der Waals surface area contributed by atoms with E-state index in [1.807, 2.05) is 0 Å². The summed E-state index contributed by atoms with van der Waals surface area (Å²) in [6, 6.07) is 11.3. The Kier molecular flexibility index (Phi) is 8.25. The Labute approximate surface area is 240 Å². The van der Waals surface area contributed by atoms with Gasteiger partial charge in [-0.15, -0.1) is 0 Å². The van der Waals surface area contributed by atoms with E-state index >= 15 is 4.39 Å². The maximum Gasteiger partial charge on any atom is 0.587 e. The summed E-state index contributed by atoms with van der Waals surface area (Å²) in [7, 11) is -2.01. The number of aliphatic hydroxyl groups is 1. The zero-order valence-electron chi connectivity index (χ0n) is 22.4. The number of nitrogens with two attached hydrogens (primary N) is 1. The second-order valence-electron chi connectivity index (χ2n) is 9.19. The molecular weight excluding hydrogens is 602 g/mol. The lowest BCUT2D eigenvalue weighted by Gasteiger charge is -2.30. The summed E-state index contributed by atoms with van der Waals surface area (Å²) in [6.07, 6.45) is -9.59. The summed E-state index contributed by atoms with van der Waals surface area (Å²) in [5.41, 5.74) is 1.09. The van der Waals surface area contributed by atoms with Gasteiger partial charge >= 0.3 is 7.82 Å². The van der Waals surface area contributed by atoms with Crippen molar-refractivity contribution in [3.05, 3.63) is 65.2 Å². The van der Waals surface area contributed by atoms with Crippen LogP contribution in [0.1, 0.15) is 6.23 Å². The number of nitrogen functional groups attached to an aromatic ring is 1. The Hall–Kier alpha value is -4.31. The van der Waals surface area contributed by atoms with Gasteiger partial charge in [-0.1, -0.05) is 0 Å². The van der Waals surface area contributed by atoms with Crippen molar-refractivity contribution >= 4 is 24.9 Å². The maximum atomic E-state index is 15.6. The fourth-order valence-electron chi connectivity index (χ4n) is 4.27. The number of rotatable bonds is 11. The molecule has 1 aliphatic heterocycles. The van der Waals surface area contributed by atoms with Gasteiger partial charge in [-0.25, -0.2) is 22.7 Å². The second kappa shape index (κ2) is 11.8. The maximum absolute atomic E-state index is 15.6. The third-order valence-electron chi connectivity index (χ3n) is 6.49. The van der Waals surface area contributed by atoms with Gasteiger partial charge in [0.1, 0.15) is 29.1 Å². The van der Waals surface area contributed by atoms with Gasteiger partial charge in [-0.2, -0.15) is 4.98 Å². The van der Waals surface area contributed by atoms with Gasteiger partial charge in [0, 0.05) is 0 Å². The standard InChI is InChI=1S/C25H25F3N5O9P/c1-37-13-3-7-15(8-4-13)41-43(36,42-16-9-5-14(38-2)6-10-16)39-11-25(23(27)28)19(26)18(34)22(40-25)33-12-30-17-20(33)31-24(29)32-21(17)35/h3-10,12,18-19,22-23,34H,11H2,1-2H3,(H3,29,31,32,35). The Morgan fingerprint density at radius 1 is 1.07 bits per heavy atom. The third-order valence-corrected chi connectivity index (χ3v) is 7.81. The number of aliphatic hydroxyl groups excluding tert-OH is 1. The topological polar surface area (TPSA) is 182 Å². The first-order valence-corrected chi connectivity index (χ1v) is 13.9. The van der Waals surface area contributed by atoms with E-state index in [4.69, 9.17) is 33.5 Å². The molecule has 43 heavy (non-hydrogen) atoms. The van der Waals surface area contributed by atoms with Crippen molar-refractivity contribution in [3.63, 3.8) is 0 Å². The SMILES string of the molecule is COc1ccc(OP(=O)(OCC2(C(F)F)OC(n3cnc4c(=O)[nH]c(N)nc43)C(O)C2F)Oc2ccc(OC)cc2)cc1. The summed E-state index contributed by atoms with van der Waals surface area (Å²) < 4.78 is 91.2. The minimum absolute atomic E-state index is 0.0652. The number of fused-ring (bicyclic) bond motifs is 1. The molecule has 5 rings (SSSR count). The minimum atomic E-state index is -4.86. The number of nitrogens with zero attached hydrogens (tertiary/aromatic N) is 3. The van der Waals surface area contributed by atoms with Crippen LogP contribution < -0.4 is 29.8 Å². The number of H-pyrrole nitrogens is 1. The van der Waals surface area contributed by atoms with Crippen LogP contribution in [0, 0.1) is 0 Å². The molecule has 14 nitrogen and oxygen atoms in total. The number of halogens is 3. The van der Waals surface area contributed by atoms with Crippen molar-refractivity contribution in [2.75, 3.05) is 26.6 Å². The molecular formula is C25H25F3N5O9P. The van der Waals surface area contributed by atoms with Gasteiger partial charge in [0.05, 0.1) is 27.2 Å². The van der Waals surface area contributed by atoms with Gasteiger partial charge in [0.2, 0.25) is 5.95 Å². The lowest BCUT2D eigenvalue weighted by atomic mass is 9.98. The fourth-order valence-corrected chi connectivity index (χ4v) is 5.54. The molecule has 4 aromatic rings. The molecule has 0 amide bonds. The molecule has 0 spiro atoms. The minimum Gasteiger partial charge on any atom is -0.497 e. The van der Waals surface area contributed by atoms with Crippen molar-refractivity contribution in [2.24, 2.45) is 0 Å². The molecule has 2 aromatic carbocycles. The van der Waals surface area contributed by atoms with Gasteiger partial charge in [-0.05, 0) is 48.5 Å². The molecule has 2 aromatic heterocycles. The van der Waals surface area contributed by atoms with Gasteiger partial charge in [-0.3, -0.25) is 18.9 Å². The molecule has 18 heteroatoms. The highest BCUT2D eigenvalue weighted by Gasteiger charge is 2.63. The molecule has 3 heterocycles. The van der Waals surface area contributed by atoms with E-state index in [1.54, 1.807) is 0 Å². The highest BCUT2D eigenvalue weighted by molar-refractivity contribution is 7.49. The van der Waals surface area contributed by atoms with Crippen LogP contribution in [0.15, 0.2) is 59.7 Å². The number of alkyl halides is 3. The number of hydrogen-bond donors (Lipinski definition) is 3. The predicted octanol–water partition coefficient (Wildman–Crippen LogP) is 3.23. The zero-order chi connectivity index (χ0) is 30.9. The summed E-state index contributed by atoms with van der Waals surface area (Å²) in [4.78, 5) is 22.1. The Bertz CT molecular complexity index is 1640. The van der Waals surface area contributed by atoms with E-state index in [0.717, 1.165) is 10.9 Å². The number of nitrogens with one attached hydrogen (secondary N) is 1. The molecule has 4 unspecified atom stereocenters. The zero-order valence-corrected chi connectivity index (χ0v) is 23.3. The third kappa shape index (κ3) is 5.84. The Balaban J connectivity index is 1.46. The first kappa shape index (κ1) is 30.2. The smallest absolute Gasteiger partial charge is 0.497 e. The molecule has 0 bridgehead atoms. The number of phosphoric ester groups is 1. The number of benzene rings is 2. The van der Waals surface area contributed by atoms with Crippen LogP contribution in [0.4, 0.5) is 19.1 Å². The van der Waals surface area contributed by atoms with Crippen LogP contribution in [0.3, 0.4) is 0 Å². The van der Waals surface area contributed by atoms with Crippen molar-refractivity contribution < 1.29 is 50.6 Å². The Morgan fingerprint density at radius 3 is 2.12 bits per heavy atom. The highest BCUT2D eigenvalue weighted by Crippen LogP contribution is 2.53. The number of aromatic nitrogens is 4. The number of anilines is 1. The van der Waals surface area contributed by atoms with Crippen LogP contribution in [-0.4, -0.2) is 69.8 Å². The van der Waals surface area contributed by atoms with E-state index in [-0.39, 0.29) is 28.6 Å². The first-order valence-electron chi connectivity index (χ1n) is 12.4. The Morgan fingerprint density at radius 2 is 1.60 bits per heavy atom. The lowest BCUT2D eigenvalue weighted by molar-refractivity contribution is -0.182.